The lowest BCUT2D eigenvalue weighted by Crippen LogP contribution is -2.38. The number of rotatable bonds is 2. The summed E-state index contributed by atoms with van der Waals surface area (Å²) in [6.45, 7) is 4.71. The molecule has 1 aromatic heterocycles. The molecule has 0 saturated carbocycles. The number of allylic oxidation sites excluding steroid dienone is 1. The molecular weight excluding hydrogens is 290 g/mol. The van der Waals surface area contributed by atoms with Gasteiger partial charge in [0.25, 0.3) is 5.56 Å². The maximum Gasteiger partial charge on any atom is 0.254 e. The Morgan fingerprint density at radius 3 is 2.70 bits per heavy atom. The fourth-order valence-corrected chi connectivity index (χ4v) is 2.70. The molecule has 0 fully saturated rings. The van der Waals surface area contributed by atoms with Gasteiger partial charge in [0.1, 0.15) is 5.82 Å². The molecule has 0 aliphatic carbocycles. The van der Waals surface area contributed by atoms with Crippen molar-refractivity contribution in [3.8, 4) is 11.4 Å². The van der Waals surface area contributed by atoms with Crippen LogP contribution in [0.3, 0.4) is 0 Å². The molecule has 0 bridgehead atoms. The molecule has 118 valence electrons. The number of aromatic nitrogens is 2. The molecule has 5 heteroatoms. The van der Waals surface area contributed by atoms with Crippen LogP contribution in [0, 0.1) is 0 Å². The summed E-state index contributed by atoms with van der Waals surface area (Å²) < 4.78 is 0. The summed E-state index contributed by atoms with van der Waals surface area (Å²) >= 11 is 0. The van der Waals surface area contributed by atoms with Crippen molar-refractivity contribution in [3.63, 3.8) is 0 Å². The Morgan fingerprint density at radius 1 is 1.26 bits per heavy atom. The van der Waals surface area contributed by atoms with E-state index in [-0.39, 0.29) is 11.5 Å². The van der Waals surface area contributed by atoms with E-state index >= 15 is 0 Å². The first-order valence-electron chi connectivity index (χ1n) is 7.66. The van der Waals surface area contributed by atoms with E-state index in [2.05, 4.69) is 9.97 Å². The van der Waals surface area contributed by atoms with Crippen LogP contribution < -0.4 is 5.56 Å². The lowest BCUT2D eigenvalue weighted by atomic mass is 10.1. The predicted molar refractivity (Wildman–Crippen MR) is 88.8 cm³/mol. The van der Waals surface area contributed by atoms with E-state index in [1.54, 1.807) is 11.0 Å². The molecule has 1 amide bonds. The third-order valence-electron chi connectivity index (χ3n) is 3.84. The van der Waals surface area contributed by atoms with Crippen molar-refractivity contribution >= 4 is 5.91 Å². The van der Waals surface area contributed by atoms with Gasteiger partial charge >= 0.3 is 0 Å². The van der Waals surface area contributed by atoms with Gasteiger partial charge in [0.15, 0.2) is 0 Å². The van der Waals surface area contributed by atoms with Crippen LogP contribution in [0.1, 0.15) is 25.1 Å². The summed E-state index contributed by atoms with van der Waals surface area (Å²) in [6, 6.07) is 9.53. The number of benzene rings is 1. The van der Waals surface area contributed by atoms with Gasteiger partial charge in [-0.15, -0.1) is 0 Å². The third-order valence-corrected chi connectivity index (χ3v) is 3.84. The molecule has 0 radical (unpaired) electrons. The second-order valence-electron chi connectivity index (χ2n) is 5.94. The van der Waals surface area contributed by atoms with Crippen LogP contribution in [-0.4, -0.2) is 27.3 Å². The third kappa shape index (κ3) is 3.23. The number of carbonyl (C=O) groups is 1. The molecule has 1 N–H and O–H groups in total. The Morgan fingerprint density at radius 2 is 2.00 bits per heavy atom. The SMILES string of the molecule is CC(C)=CC(=O)N1CCc2c(nc(-c3ccccc3)[nH]c2=O)C1. The fraction of sp³-hybridized carbons (Fsp3) is 0.278. The summed E-state index contributed by atoms with van der Waals surface area (Å²) in [6.07, 6.45) is 2.16. The van der Waals surface area contributed by atoms with Crippen molar-refractivity contribution in [1.82, 2.24) is 14.9 Å². The van der Waals surface area contributed by atoms with Gasteiger partial charge < -0.3 is 9.88 Å². The molecule has 0 saturated heterocycles. The normalized spacial score (nSPS) is 13.4. The molecule has 2 heterocycles. The first-order valence-corrected chi connectivity index (χ1v) is 7.66. The van der Waals surface area contributed by atoms with Crippen LogP contribution in [0.5, 0.6) is 0 Å². The van der Waals surface area contributed by atoms with Gasteiger partial charge in [-0.05, 0) is 20.3 Å². The van der Waals surface area contributed by atoms with Gasteiger partial charge in [0.2, 0.25) is 5.91 Å². The summed E-state index contributed by atoms with van der Waals surface area (Å²) in [4.78, 5) is 33.7. The Labute approximate surface area is 134 Å². The number of amides is 1. The van der Waals surface area contributed by atoms with Crippen molar-refractivity contribution in [1.29, 1.82) is 0 Å². The van der Waals surface area contributed by atoms with Crippen molar-refractivity contribution in [2.24, 2.45) is 0 Å². The second-order valence-corrected chi connectivity index (χ2v) is 5.94. The summed E-state index contributed by atoms with van der Waals surface area (Å²) in [7, 11) is 0. The predicted octanol–water partition coefficient (Wildman–Crippen LogP) is 2.29. The van der Waals surface area contributed by atoms with E-state index in [0.717, 1.165) is 11.1 Å². The van der Waals surface area contributed by atoms with Gasteiger partial charge in [0.05, 0.1) is 12.2 Å². The van der Waals surface area contributed by atoms with Crippen molar-refractivity contribution < 1.29 is 4.79 Å². The van der Waals surface area contributed by atoms with Crippen molar-refractivity contribution in [2.45, 2.75) is 26.8 Å². The topological polar surface area (TPSA) is 66.1 Å². The summed E-state index contributed by atoms with van der Waals surface area (Å²) in [5.41, 5.74) is 3.09. The highest BCUT2D eigenvalue weighted by Crippen LogP contribution is 2.18. The zero-order chi connectivity index (χ0) is 16.4. The van der Waals surface area contributed by atoms with E-state index in [1.807, 2.05) is 44.2 Å². The van der Waals surface area contributed by atoms with Gasteiger partial charge in [0, 0.05) is 23.7 Å². The Bertz CT molecular complexity index is 818. The monoisotopic (exact) mass is 309 g/mol. The number of aromatic amines is 1. The maximum absolute atomic E-state index is 12.3. The van der Waals surface area contributed by atoms with Crippen LogP contribution in [0.15, 0.2) is 46.8 Å². The number of carbonyl (C=O) groups excluding carboxylic acids is 1. The van der Waals surface area contributed by atoms with Crippen LogP contribution in [0.4, 0.5) is 0 Å². The van der Waals surface area contributed by atoms with Gasteiger partial charge in [-0.2, -0.15) is 0 Å². The Hall–Kier alpha value is -2.69. The number of hydrogen-bond acceptors (Lipinski definition) is 3. The molecule has 1 aromatic carbocycles. The largest absolute Gasteiger partial charge is 0.333 e. The van der Waals surface area contributed by atoms with E-state index in [1.165, 1.54) is 0 Å². The van der Waals surface area contributed by atoms with Crippen molar-refractivity contribution in [3.05, 3.63) is 63.6 Å². The highest BCUT2D eigenvalue weighted by atomic mass is 16.2. The first-order chi connectivity index (χ1) is 11.0. The molecule has 0 unspecified atom stereocenters. The molecular formula is C18H19N3O2. The van der Waals surface area contributed by atoms with Gasteiger partial charge in [-0.3, -0.25) is 9.59 Å². The zero-order valence-electron chi connectivity index (χ0n) is 13.3. The summed E-state index contributed by atoms with van der Waals surface area (Å²) in [5.74, 6) is 0.518. The quantitative estimate of drug-likeness (QED) is 0.866. The standard InChI is InChI=1S/C18H19N3O2/c1-12(2)10-16(22)21-9-8-14-15(11-21)19-17(20-18(14)23)13-6-4-3-5-7-13/h3-7,10H,8-9,11H2,1-2H3,(H,19,20,23). The second kappa shape index (κ2) is 6.20. The molecule has 2 aromatic rings. The molecule has 23 heavy (non-hydrogen) atoms. The summed E-state index contributed by atoms with van der Waals surface area (Å²) in [5, 5.41) is 0. The van der Waals surface area contributed by atoms with E-state index in [0.29, 0.717) is 36.6 Å². The lowest BCUT2D eigenvalue weighted by Gasteiger charge is -2.27. The number of hydrogen-bond donors (Lipinski definition) is 1. The maximum atomic E-state index is 12.3. The van der Waals surface area contributed by atoms with E-state index < -0.39 is 0 Å². The van der Waals surface area contributed by atoms with E-state index in [4.69, 9.17) is 0 Å². The van der Waals surface area contributed by atoms with Crippen LogP contribution >= 0.6 is 0 Å². The first kappa shape index (κ1) is 15.2. The number of nitrogens with one attached hydrogen (secondary N) is 1. The number of H-pyrrole nitrogens is 1. The molecule has 3 rings (SSSR count). The van der Waals surface area contributed by atoms with Crippen LogP contribution in [0.25, 0.3) is 11.4 Å². The van der Waals surface area contributed by atoms with Gasteiger partial charge in [-0.25, -0.2) is 4.98 Å². The molecule has 5 nitrogen and oxygen atoms in total. The average molecular weight is 309 g/mol. The molecule has 0 atom stereocenters. The fourth-order valence-electron chi connectivity index (χ4n) is 2.70. The van der Waals surface area contributed by atoms with Crippen LogP contribution in [-0.2, 0) is 17.8 Å². The van der Waals surface area contributed by atoms with Gasteiger partial charge in [-0.1, -0.05) is 35.9 Å². The van der Waals surface area contributed by atoms with E-state index in [9.17, 15) is 9.59 Å². The smallest absolute Gasteiger partial charge is 0.254 e. The Balaban J connectivity index is 1.96. The highest BCUT2D eigenvalue weighted by molar-refractivity contribution is 5.88. The highest BCUT2D eigenvalue weighted by Gasteiger charge is 2.23. The molecule has 0 spiro atoms. The zero-order valence-corrected chi connectivity index (χ0v) is 13.3. The Kier molecular flexibility index (Phi) is 4.10. The number of nitrogens with zero attached hydrogens (tertiary/aromatic N) is 2. The molecule has 1 aliphatic rings. The minimum Gasteiger partial charge on any atom is -0.333 e. The lowest BCUT2D eigenvalue weighted by molar-refractivity contribution is -0.127. The van der Waals surface area contributed by atoms with Crippen molar-refractivity contribution in [2.75, 3.05) is 6.54 Å². The minimum absolute atomic E-state index is 0.0287. The number of fused-ring (bicyclic) bond motifs is 1. The average Bonchev–Trinajstić information content (AvgIpc) is 2.54. The van der Waals surface area contributed by atoms with Crippen LogP contribution in [0.2, 0.25) is 0 Å². The molecule has 1 aliphatic heterocycles. The minimum atomic E-state index is -0.108.